The highest BCUT2D eigenvalue weighted by molar-refractivity contribution is 9.10. The van der Waals surface area contributed by atoms with Crippen LogP contribution >= 0.6 is 15.9 Å². The van der Waals surface area contributed by atoms with Gasteiger partial charge in [0.15, 0.2) is 0 Å². The molecule has 0 bridgehead atoms. The minimum Gasteiger partial charge on any atom is -0.481 e. The third-order valence-corrected chi connectivity index (χ3v) is 4.67. The van der Waals surface area contributed by atoms with Crippen LogP contribution in [-0.4, -0.2) is 17.0 Å². The molecule has 1 aliphatic rings. The van der Waals surface area contributed by atoms with Crippen LogP contribution in [0.3, 0.4) is 0 Å². The van der Waals surface area contributed by atoms with E-state index in [1.54, 1.807) is 0 Å². The molecule has 5 heteroatoms. The fraction of sp³-hybridized carbons (Fsp3) is 0.500. The number of carbonyl (C=O) groups excluding carboxylic acids is 1. The van der Waals surface area contributed by atoms with E-state index in [-0.39, 0.29) is 18.2 Å². The Kier molecular flexibility index (Phi) is 4.71. The summed E-state index contributed by atoms with van der Waals surface area (Å²) in [6, 6.07) is 5.71. The van der Waals surface area contributed by atoms with E-state index in [0.29, 0.717) is 12.8 Å². The fourth-order valence-electron chi connectivity index (χ4n) is 2.70. The van der Waals surface area contributed by atoms with Crippen LogP contribution in [0.1, 0.15) is 51.0 Å². The van der Waals surface area contributed by atoms with Crippen LogP contribution in [0.15, 0.2) is 22.7 Å². The second-order valence-corrected chi connectivity index (χ2v) is 6.97. The van der Waals surface area contributed by atoms with Crippen molar-refractivity contribution in [3.05, 3.63) is 28.2 Å². The molecule has 0 radical (unpaired) electrons. The lowest BCUT2D eigenvalue weighted by Crippen LogP contribution is -2.41. The van der Waals surface area contributed by atoms with Crippen molar-refractivity contribution < 1.29 is 14.7 Å². The van der Waals surface area contributed by atoms with Crippen molar-refractivity contribution in [3.8, 4) is 0 Å². The predicted molar refractivity (Wildman–Crippen MR) is 85.4 cm³/mol. The Labute approximate surface area is 133 Å². The third kappa shape index (κ3) is 3.46. The van der Waals surface area contributed by atoms with Gasteiger partial charge < -0.3 is 10.4 Å². The molecule has 1 aromatic carbocycles. The van der Waals surface area contributed by atoms with Gasteiger partial charge in [0.2, 0.25) is 5.91 Å². The quantitative estimate of drug-likeness (QED) is 0.835. The molecule has 2 N–H and O–H groups in total. The van der Waals surface area contributed by atoms with Crippen LogP contribution in [0.4, 0.5) is 5.69 Å². The molecular formula is C16H20BrNO3. The van der Waals surface area contributed by atoms with Gasteiger partial charge in [0.1, 0.15) is 0 Å². The summed E-state index contributed by atoms with van der Waals surface area (Å²) in [6.45, 7) is 4.12. The van der Waals surface area contributed by atoms with Gasteiger partial charge in [-0.15, -0.1) is 0 Å². The summed E-state index contributed by atoms with van der Waals surface area (Å²) in [5.74, 6) is -0.806. The molecule has 21 heavy (non-hydrogen) atoms. The van der Waals surface area contributed by atoms with Gasteiger partial charge in [0, 0.05) is 16.6 Å². The van der Waals surface area contributed by atoms with E-state index in [0.717, 1.165) is 22.1 Å². The van der Waals surface area contributed by atoms with Gasteiger partial charge in [-0.05, 0) is 42.5 Å². The van der Waals surface area contributed by atoms with E-state index in [1.807, 2.05) is 18.2 Å². The molecule has 0 spiro atoms. The molecule has 0 atom stereocenters. The number of rotatable bonds is 5. The Bertz CT molecular complexity index is 565. The zero-order valence-electron chi connectivity index (χ0n) is 12.3. The molecule has 1 aliphatic carbocycles. The van der Waals surface area contributed by atoms with Gasteiger partial charge >= 0.3 is 5.97 Å². The number of nitrogens with one attached hydrogen (secondary N) is 1. The average Bonchev–Trinajstić information content (AvgIpc) is 2.35. The van der Waals surface area contributed by atoms with Crippen LogP contribution < -0.4 is 5.32 Å². The molecule has 1 saturated carbocycles. The number of halogens is 1. The first kappa shape index (κ1) is 16.0. The first-order valence-electron chi connectivity index (χ1n) is 7.17. The molecule has 1 fully saturated rings. The minimum atomic E-state index is -0.858. The van der Waals surface area contributed by atoms with Gasteiger partial charge in [-0.2, -0.15) is 0 Å². The number of hydrogen-bond donors (Lipinski definition) is 2. The number of anilines is 1. The number of carboxylic acid groups (broad SMARTS) is 1. The minimum absolute atomic E-state index is 0.0515. The summed E-state index contributed by atoms with van der Waals surface area (Å²) in [6.07, 6.45) is 2.12. The molecule has 1 amide bonds. The zero-order chi connectivity index (χ0) is 15.6. The number of carbonyl (C=O) groups is 2. The topological polar surface area (TPSA) is 66.4 Å². The smallest absolute Gasteiger partial charge is 0.310 e. The lowest BCUT2D eigenvalue weighted by atomic mass is 9.66. The van der Waals surface area contributed by atoms with Gasteiger partial charge in [0.25, 0.3) is 0 Å². The normalized spacial score (nSPS) is 16.4. The second-order valence-electron chi connectivity index (χ2n) is 6.05. The number of benzene rings is 1. The fourth-order valence-corrected chi connectivity index (χ4v) is 3.08. The van der Waals surface area contributed by atoms with Gasteiger partial charge in [-0.3, -0.25) is 9.59 Å². The molecule has 1 aromatic rings. The maximum absolute atomic E-state index is 12.2. The van der Waals surface area contributed by atoms with Gasteiger partial charge in [-0.1, -0.05) is 36.2 Å². The van der Waals surface area contributed by atoms with Crippen LogP contribution in [0.2, 0.25) is 0 Å². The van der Waals surface area contributed by atoms with E-state index < -0.39 is 11.4 Å². The van der Waals surface area contributed by atoms with Crippen molar-refractivity contribution in [2.45, 2.75) is 45.4 Å². The molecule has 0 saturated heterocycles. The third-order valence-electron chi connectivity index (χ3n) is 4.17. The Hall–Kier alpha value is -1.36. The number of amides is 1. The average molecular weight is 354 g/mol. The Balaban J connectivity index is 2.11. The predicted octanol–water partition coefficient (Wildman–Crippen LogP) is 4.16. The van der Waals surface area contributed by atoms with Gasteiger partial charge in [-0.25, -0.2) is 0 Å². The summed E-state index contributed by atoms with van der Waals surface area (Å²) in [5.41, 5.74) is 0.950. The second kappa shape index (κ2) is 6.18. The van der Waals surface area contributed by atoms with Crippen molar-refractivity contribution in [2.24, 2.45) is 5.41 Å². The lowest BCUT2D eigenvalue weighted by Gasteiger charge is -2.37. The molecule has 2 rings (SSSR count). The van der Waals surface area contributed by atoms with E-state index in [1.165, 1.54) is 0 Å². The van der Waals surface area contributed by atoms with E-state index in [9.17, 15) is 14.7 Å². The highest BCUT2D eigenvalue weighted by Gasteiger charge is 2.45. The van der Waals surface area contributed by atoms with Gasteiger partial charge in [0.05, 0.1) is 5.41 Å². The highest BCUT2D eigenvalue weighted by Crippen LogP contribution is 2.44. The Morgan fingerprint density at radius 3 is 2.52 bits per heavy atom. The first-order chi connectivity index (χ1) is 9.84. The molecule has 0 unspecified atom stereocenters. The molecule has 0 aromatic heterocycles. The van der Waals surface area contributed by atoms with Crippen molar-refractivity contribution in [2.75, 3.05) is 5.32 Å². The van der Waals surface area contributed by atoms with Crippen LogP contribution in [0.5, 0.6) is 0 Å². The molecule has 0 heterocycles. The van der Waals surface area contributed by atoms with Crippen LogP contribution in [-0.2, 0) is 9.59 Å². The van der Waals surface area contributed by atoms with Crippen molar-refractivity contribution in [3.63, 3.8) is 0 Å². The van der Waals surface area contributed by atoms with Crippen LogP contribution in [0, 0.1) is 5.41 Å². The summed E-state index contributed by atoms with van der Waals surface area (Å²) >= 11 is 3.43. The van der Waals surface area contributed by atoms with E-state index >= 15 is 0 Å². The summed E-state index contributed by atoms with van der Waals surface area (Å²) in [5, 5.41) is 12.2. The maximum atomic E-state index is 12.2. The molecule has 4 nitrogen and oxygen atoms in total. The summed E-state index contributed by atoms with van der Waals surface area (Å²) in [4.78, 5) is 23.5. The van der Waals surface area contributed by atoms with Crippen LogP contribution in [0.25, 0.3) is 0 Å². The summed E-state index contributed by atoms with van der Waals surface area (Å²) < 4.78 is 0.963. The zero-order valence-corrected chi connectivity index (χ0v) is 13.9. The standard InChI is InChI=1S/C16H20BrNO3/c1-10(2)12-8-11(17)4-5-13(12)18-14(19)9-16(15(20)21)6-3-7-16/h4-5,8,10H,3,6-7,9H2,1-2H3,(H,18,19)(H,20,21). The Morgan fingerprint density at radius 1 is 1.38 bits per heavy atom. The number of carboxylic acids is 1. The number of aliphatic carboxylic acids is 1. The highest BCUT2D eigenvalue weighted by atomic mass is 79.9. The largest absolute Gasteiger partial charge is 0.481 e. The van der Waals surface area contributed by atoms with E-state index in [4.69, 9.17) is 0 Å². The van der Waals surface area contributed by atoms with Crippen molar-refractivity contribution in [1.29, 1.82) is 0 Å². The molecule has 0 aliphatic heterocycles. The maximum Gasteiger partial charge on any atom is 0.310 e. The molecule has 114 valence electrons. The van der Waals surface area contributed by atoms with Crippen molar-refractivity contribution >= 4 is 33.5 Å². The first-order valence-corrected chi connectivity index (χ1v) is 7.96. The SMILES string of the molecule is CC(C)c1cc(Br)ccc1NC(=O)CC1(C(=O)O)CCC1. The summed E-state index contributed by atoms with van der Waals surface area (Å²) in [7, 11) is 0. The lowest BCUT2D eigenvalue weighted by molar-refractivity contribution is -0.157. The Morgan fingerprint density at radius 2 is 2.05 bits per heavy atom. The van der Waals surface area contributed by atoms with E-state index in [2.05, 4.69) is 35.1 Å². The van der Waals surface area contributed by atoms with Crippen molar-refractivity contribution in [1.82, 2.24) is 0 Å². The number of hydrogen-bond acceptors (Lipinski definition) is 2. The molecular weight excluding hydrogens is 334 g/mol. The monoisotopic (exact) mass is 353 g/mol.